The van der Waals surface area contributed by atoms with Gasteiger partial charge in [0.25, 0.3) is 0 Å². The number of amides is 2. The molecule has 2 fully saturated rings. The largest absolute Gasteiger partial charge is 0.444 e. The van der Waals surface area contributed by atoms with Crippen LogP contribution >= 0.6 is 0 Å². The van der Waals surface area contributed by atoms with E-state index in [0.29, 0.717) is 11.8 Å². The second kappa shape index (κ2) is 7.25. The van der Waals surface area contributed by atoms with Crippen LogP contribution in [0, 0.1) is 23.6 Å². The SMILES string of the molecule is CC(C)(C)OC(=O)NC(C(=O)Nc1ccccc1F)C(C1CC1)C1CC1. The summed E-state index contributed by atoms with van der Waals surface area (Å²) in [7, 11) is 0. The van der Waals surface area contributed by atoms with Gasteiger partial charge in [0.15, 0.2) is 0 Å². The molecule has 1 unspecified atom stereocenters. The molecule has 3 rings (SSSR count). The standard InChI is InChI=1S/C20H27FN2O3/c1-20(2,3)26-19(25)23-17(16(12-8-9-12)13-10-11-13)18(24)22-15-7-5-4-6-14(15)21/h4-7,12-13,16-17H,8-11H2,1-3H3,(H,22,24)(H,23,25). The van der Waals surface area contributed by atoms with E-state index >= 15 is 0 Å². The van der Waals surface area contributed by atoms with Crippen molar-refractivity contribution in [1.29, 1.82) is 0 Å². The summed E-state index contributed by atoms with van der Waals surface area (Å²) in [5.74, 6) is 0.0768. The molecule has 142 valence electrons. The van der Waals surface area contributed by atoms with Crippen LogP contribution in [-0.4, -0.2) is 23.6 Å². The fourth-order valence-electron chi connectivity index (χ4n) is 3.44. The number of anilines is 1. The highest BCUT2D eigenvalue weighted by molar-refractivity contribution is 5.97. The lowest BCUT2D eigenvalue weighted by atomic mass is 9.88. The van der Waals surface area contributed by atoms with Gasteiger partial charge in [0.05, 0.1) is 5.69 Å². The first-order valence-corrected chi connectivity index (χ1v) is 9.29. The highest BCUT2D eigenvalue weighted by Gasteiger charge is 2.48. The summed E-state index contributed by atoms with van der Waals surface area (Å²) in [6.07, 6.45) is 3.67. The van der Waals surface area contributed by atoms with Crippen molar-refractivity contribution in [2.75, 3.05) is 5.32 Å². The van der Waals surface area contributed by atoms with Crippen molar-refractivity contribution >= 4 is 17.7 Å². The Morgan fingerprint density at radius 1 is 1.12 bits per heavy atom. The Kier molecular flexibility index (Phi) is 5.21. The maximum Gasteiger partial charge on any atom is 0.408 e. The average molecular weight is 362 g/mol. The molecule has 2 N–H and O–H groups in total. The van der Waals surface area contributed by atoms with E-state index in [-0.39, 0.29) is 17.5 Å². The summed E-state index contributed by atoms with van der Waals surface area (Å²) in [4.78, 5) is 25.2. The Hall–Kier alpha value is -2.11. The second-order valence-corrected chi connectivity index (χ2v) is 8.35. The third-order valence-electron chi connectivity index (χ3n) is 4.80. The van der Waals surface area contributed by atoms with Gasteiger partial charge in [-0.25, -0.2) is 9.18 Å². The highest BCUT2D eigenvalue weighted by atomic mass is 19.1. The molecule has 2 saturated carbocycles. The molecule has 1 aromatic carbocycles. The fraction of sp³-hybridized carbons (Fsp3) is 0.600. The topological polar surface area (TPSA) is 67.4 Å². The van der Waals surface area contributed by atoms with Crippen LogP contribution in [0.2, 0.25) is 0 Å². The molecule has 1 atom stereocenters. The predicted octanol–water partition coefficient (Wildman–Crippen LogP) is 4.09. The Balaban J connectivity index is 1.76. The van der Waals surface area contributed by atoms with Gasteiger partial charge in [0.1, 0.15) is 17.5 Å². The molecule has 2 aliphatic carbocycles. The number of alkyl carbamates (subject to hydrolysis) is 1. The molecule has 0 saturated heterocycles. The van der Waals surface area contributed by atoms with E-state index in [2.05, 4.69) is 10.6 Å². The van der Waals surface area contributed by atoms with Gasteiger partial charge in [-0.3, -0.25) is 4.79 Å². The summed E-state index contributed by atoms with van der Waals surface area (Å²) in [5.41, 5.74) is -0.524. The van der Waals surface area contributed by atoms with Crippen molar-refractivity contribution < 1.29 is 18.7 Å². The van der Waals surface area contributed by atoms with Crippen molar-refractivity contribution in [3.05, 3.63) is 30.1 Å². The van der Waals surface area contributed by atoms with Gasteiger partial charge in [0, 0.05) is 0 Å². The molecule has 0 bridgehead atoms. The molecule has 5 nitrogen and oxygen atoms in total. The third-order valence-corrected chi connectivity index (χ3v) is 4.80. The average Bonchev–Trinajstić information content (AvgIpc) is 3.41. The second-order valence-electron chi connectivity index (χ2n) is 8.35. The lowest BCUT2D eigenvalue weighted by Gasteiger charge is -2.29. The van der Waals surface area contributed by atoms with E-state index in [1.165, 1.54) is 12.1 Å². The number of ether oxygens (including phenoxy) is 1. The van der Waals surface area contributed by atoms with Gasteiger partial charge < -0.3 is 15.4 Å². The van der Waals surface area contributed by atoms with E-state index < -0.39 is 23.6 Å². The molecule has 26 heavy (non-hydrogen) atoms. The van der Waals surface area contributed by atoms with Crippen LogP contribution in [0.1, 0.15) is 46.5 Å². The molecular weight excluding hydrogens is 335 g/mol. The van der Waals surface area contributed by atoms with Crippen LogP contribution in [0.25, 0.3) is 0 Å². The monoisotopic (exact) mass is 362 g/mol. The molecular formula is C20H27FN2O3. The number of hydrogen-bond donors (Lipinski definition) is 2. The Bertz CT molecular complexity index is 666. The molecule has 0 spiro atoms. The molecule has 0 radical (unpaired) electrons. The van der Waals surface area contributed by atoms with Gasteiger partial charge in [-0.2, -0.15) is 0 Å². The van der Waals surface area contributed by atoms with Crippen molar-refractivity contribution in [3.63, 3.8) is 0 Å². The van der Waals surface area contributed by atoms with Crippen molar-refractivity contribution in [2.45, 2.75) is 58.1 Å². The minimum Gasteiger partial charge on any atom is -0.444 e. The first kappa shape index (κ1) is 18.7. The van der Waals surface area contributed by atoms with E-state index in [1.54, 1.807) is 32.9 Å². The summed E-state index contributed by atoms with van der Waals surface area (Å²) in [6.45, 7) is 5.33. The van der Waals surface area contributed by atoms with Crippen LogP contribution in [0.5, 0.6) is 0 Å². The molecule has 0 aliphatic heterocycles. The van der Waals surface area contributed by atoms with E-state index in [0.717, 1.165) is 25.7 Å². The highest BCUT2D eigenvalue weighted by Crippen LogP contribution is 2.50. The molecule has 0 aromatic heterocycles. The molecule has 0 heterocycles. The number of carbonyl (C=O) groups is 2. The Morgan fingerprint density at radius 3 is 2.19 bits per heavy atom. The van der Waals surface area contributed by atoms with Crippen LogP contribution in [-0.2, 0) is 9.53 Å². The zero-order valence-corrected chi connectivity index (χ0v) is 15.5. The molecule has 2 aliphatic rings. The fourth-order valence-corrected chi connectivity index (χ4v) is 3.44. The maximum atomic E-state index is 13.9. The quantitative estimate of drug-likeness (QED) is 0.801. The minimum atomic E-state index is -0.718. The lowest BCUT2D eigenvalue weighted by molar-refractivity contribution is -0.120. The predicted molar refractivity (Wildman–Crippen MR) is 97.1 cm³/mol. The van der Waals surface area contributed by atoms with E-state index in [9.17, 15) is 14.0 Å². The zero-order chi connectivity index (χ0) is 18.9. The van der Waals surface area contributed by atoms with Gasteiger partial charge in [-0.1, -0.05) is 12.1 Å². The van der Waals surface area contributed by atoms with Gasteiger partial charge in [0.2, 0.25) is 5.91 Å². The maximum absolute atomic E-state index is 13.9. The Morgan fingerprint density at radius 2 is 1.69 bits per heavy atom. The van der Waals surface area contributed by atoms with Crippen molar-refractivity contribution in [2.24, 2.45) is 17.8 Å². The van der Waals surface area contributed by atoms with Gasteiger partial charge >= 0.3 is 6.09 Å². The summed E-state index contributed by atoms with van der Waals surface area (Å²) in [6, 6.07) is 5.32. The van der Waals surface area contributed by atoms with E-state index in [4.69, 9.17) is 4.74 Å². The summed E-state index contributed by atoms with van der Waals surface area (Å²) >= 11 is 0. The van der Waals surface area contributed by atoms with E-state index in [1.807, 2.05) is 0 Å². The minimum absolute atomic E-state index is 0.0780. The first-order valence-electron chi connectivity index (χ1n) is 9.29. The van der Waals surface area contributed by atoms with Gasteiger partial charge in [-0.15, -0.1) is 0 Å². The number of carbonyl (C=O) groups excluding carboxylic acids is 2. The first-order chi connectivity index (χ1) is 12.2. The number of para-hydroxylation sites is 1. The zero-order valence-electron chi connectivity index (χ0n) is 15.5. The smallest absolute Gasteiger partial charge is 0.408 e. The lowest BCUT2D eigenvalue weighted by Crippen LogP contribution is -2.51. The van der Waals surface area contributed by atoms with Crippen molar-refractivity contribution in [1.82, 2.24) is 5.32 Å². The number of halogens is 1. The Labute approximate surface area is 153 Å². The molecule has 6 heteroatoms. The van der Waals surface area contributed by atoms with Crippen LogP contribution < -0.4 is 10.6 Å². The van der Waals surface area contributed by atoms with Crippen molar-refractivity contribution in [3.8, 4) is 0 Å². The summed E-state index contributed by atoms with van der Waals surface area (Å²) in [5, 5.41) is 5.40. The van der Waals surface area contributed by atoms with Crippen LogP contribution in [0.15, 0.2) is 24.3 Å². The molecule has 2 amide bonds. The molecule has 1 aromatic rings. The number of rotatable bonds is 6. The number of hydrogen-bond acceptors (Lipinski definition) is 3. The normalized spacial score (nSPS) is 18.3. The van der Waals surface area contributed by atoms with Gasteiger partial charge in [-0.05, 0) is 76.3 Å². The third kappa shape index (κ3) is 4.96. The number of benzene rings is 1. The van der Waals surface area contributed by atoms with Crippen LogP contribution in [0.3, 0.4) is 0 Å². The summed E-state index contributed by atoms with van der Waals surface area (Å²) < 4.78 is 19.3. The van der Waals surface area contributed by atoms with Crippen LogP contribution in [0.4, 0.5) is 14.9 Å². The number of nitrogens with one attached hydrogen (secondary N) is 2.